The minimum absolute atomic E-state index is 0.0652. The molecule has 2 N–H and O–H groups in total. The van der Waals surface area contributed by atoms with Crippen LogP contribution in [0, 0.1) is 18.3 Å². The van der Waals surface area contributed by atoms with Crippen molar-refractivity contribution in [2.75, 3.05) is 31.5 Å². The summed E-state index contributed by atoms with van der Waals surface area (Å²) in [6.07, 6.45) is 7.38. The van der Waals surface area contributed by atoms with Gasteiger partial charge in [0.05, 0.1) is 18.7 Å². The number of nitrogens with zero attached hydrogens (tertiary/aromatic N) is 1. The third-order valence-corrected chi connectivity index (χ3v) is 3.96. The number of carbonyl (C=O) groups is 2. The number of terminal acetylenes is 1. The maximum absolute atomic E-state index is 12.3. The predicted octanol–water partition coefficient (Wildman–Crippen LogP) is 1.72. The zero-order chi connectivity index (χ0) is 16.7. The SMILES string of the molecule is C#CCNC(=O)c1ccccc1NCC(=O)N1CCC[C@H](C)C1. The van der Waals surface area contributed by atoms with Crippen molar-refractivity contribution in [3.63, 3.8) is 0 Å². The van der Waals surface area contributed by atoms with Crippen molar-refractivity contribution >= 4 is 17.5 Å². The number of piperidine rings is 1. The number of carbonyl (C=O) groups excluding carboxylic acids is 2. The minimum atomic E-state index is -0.245. The van der Waals surface area contributed by atoms with Crippen LogP contribution in [0.25, 0.3) is 0 Å². The van der Waals surface area contributed by atoms with Crippen LogP contribution in [0.4, 0.5) is 5.69 Å². The lowest BCUT2D eigenvalue weighted by Crippen LogP contribution is -2.42. The van der Waals surface area contributed by atoms with Crippen LogP contribution < -0.4 is 10.6 Å². The van der Waals surface area contributed by atoms with Crippen molar-refractivity contribution in [2.45, 2.75) is 19.8 Å². The first-order valence-corrected chi connectivity index (χ1v) is 7.94. The molecule has 1 fully saturated rings. The van der Waals surface area contributed by atoms with E-state index >= 15 is 0 Å². The van der Waals surface area contributed by atoms with Crippen molar-refractivity contribution < 1.29 is 9.59 Å². The molecule has 2 rings (SSSR count). The molecule has 0 aromatic heterocycles. The van der Waals surface area contributed by atoms with E-state index in [4.69, 9.17) is 6.42 Å². The molecule has 0 unspecified atom stereocenters. The summed E-state index contributed by atoms with van der Waals surface area (Å²) in [6, 6.07) is 7.11. The Bertz CT molecular complexity index is 607. The molecule has 5 heteroatoms. The van der Waals surface area contributed by atoms with Gasteiger partial charge in [-0.3, -0.25) is 9.59 Å². The topological polar surface area (TPSA) is 61.4 Å². The lowest BCUT2D eigenvalue weighted by Gasteiger charge is -2.31. The summed E-state index contributed by atoms with van der Waals surface area (Å²) in [5, 5.41) is 5.71. The third-order valence-electron chi connectivity index (χ3n) is 3.96. The molecular formula is C18H23N3O2. The first-order chi connectivity index (χ1) is 11.1. The van der Waals surface area contributed by atoms with Crippen molar-refractivity contribution in [3.8, 4) is 12.3 Å². The zero-order valence-electron chi connectivity index (χ0n) is 13.5. The van der Waals surface area contributed by atoms with E-state index in [9.17, 15) is 9.59 Å². The molecule has 1 aromatic carbocycles. The van der Waals surface area contributed by atoms with Crippen LogP contribution in [-0.4, -0.2) is 42.9 Å². The monoisotopic (exact) mass is 313 g/mol. The molecule has 0 saturated carbocycles. The number of benzene rings is 1. The smallest absolute Gasteiger partial charge is 0.254 e. The molecule has 0 aliphatic carbocycles. The normalized spacial score (nSPS) is 17.2. The maximum atomic E-state index is 12.3. The molecular weight excluding hydrogens is 290 g/mol. The van der Waals surface area contributed by atoms with Crippen LogP contribution in [0.5, 0.6) is 0 Å². The highest BCUT2D eigenvalue weighted by molar-refractivity contribution is 6.00. The summed E-state index contributed by atoms with van der Waals surface area (Å²) in [6.45, 7) is 4.15. The number of rotatable bonds is 5. The van der Waals surface area contributed by atoms with Gasteiger partial charge in [-0.15, -0.1) is 6.42 Å². The molecule has 1 saturated heterocycles. The Balaban J connectivity index is 1.96. The fraction of sp³-hybridized carbons (Fsp3) is 0.444. The standard InChI is InChI=1S/C18H23N3O2/c1-3-10-19-18(23)15-8-4-5-9-16(15)20-12-17(22)21-11-6-7-14(2)13-21/h1,4-5,8-9,14,20H,6-7,10-13H2,2H3,(H,19,23)/t14-/m0/s1. The highest BCUT2D eigenvalue weighted by atomic mass is 16.2. The third kappa shape index (κ3) is 4.75. The minimum Gasteiger partial charge on any atom is -0.376 e. The predicted molar refractivity (Wildman–Crippen MR) is 91.1 cm³/mol. The lowest BCUT2D eigenvalue weighted by molar-refractivity contribution is -0.130. The van der Waals surface area contributed by atoms with E-state index in [1.807, 2.05) is 11.0 Å². The number of nitrogens with one attached hydrogen (secondary N) is 2. The van der Waals surface area contributed by atoms with Crippen LogP contribution in [0.15, 0.2) is 24.3 Å². The maximum Gasteiger partial charge on any atom is 0.254 e. The molecule has 0 bridgehead atoms. The molecule has 0 radical (unpaired) electrons. The second-order valence-corrected chi connectivity index (χ2v) is 5.87. The van der Waals surface area contributed by atoms with Crippen LogP contribution in [-0.2, 0) is 4.79 Å². The summed E-state index contributed by atoms with van der Waals surface area (Å²) in [5.41, 5.74) is 1.13. The molecule has 23 heavy (non-hydrogen) atoms. The van der Waals surface area contributed by atoms with E-state index in [1.165, 1.54) is 6.42 Å². The fourth-order valence-electron chi connectivity index (χ4n) is 2.76. The van der Waals surface area contributed by atoms with Gasteiger partial charge in [0.25, 0.3) is 5.91 Å². The number of hydrogen-bond donors (Lipinski definition) is 2. The summed E-state index contributed by atoms with van der Waals surface area (Å²) in [7, 11) is 0. The molecule has 1 aliphatic rings. The fourth-order valence-corrected chi connectivity index (χ4v) is 2.76. The van der Waals surface area contributed by atoms with Crippen LogP contribution in [0.2, 0.25) is 0 Å². The zero-order valence-corrected chi connectivity index (χ0v) is 13.5. The van der Waals surface area contributed by atoms with E-state index in [0.717, 1.165) is 19.5 Å². The molecule has 2 amide bonds. The highest BCUT2D eigenvalue weighted by Crippen LogP contribution is 2.17. The number of amides is 2. The van der Waals surface area contributed by atoms with Gasteiger partial charge in [0.2, 0.25) is 5.91 Å². The van der Waals surface area contributed by atoms with Gasteiger partial charge in [0.15, 0.2) is 0 Å². The quantitative estimate of drug-likeness (QED) is 0.814. The Morgan fingerprint density at radius 1 is 1.39 bits per heavy atom. The second-order valence-electron chi connectivity index (χ2n) is 5.87. The Morgan fingerprint density at radius 2 is 2.17 bits per heavy atom. The number of para-hydroxylation sites is 1. The van der Waals surface area contributed by atoms with Crippen LogP contribution >= 0.6 is 0 Å². The van der Waals surface area contributed by atoms with Gasteiger partial charge in [-0.05, 0) is 30.9 Å². The van der Waals surface area contributed by atoms with E-state index in [1.54, 1.807) is 18.2 Å². The number of anilines is 1. The largest absolute Gasteiger partial charge is 0.376 e. The van der Waals surface area contributed by atoms with E-state index in [0.29, 0.717) is 17.2 Å². The van der Waals surface area contributed by atoms with Gasteiger partial charge in [0.1, 0.15) is 0 Å². The molecule has 1 atom stereocenters. The molecule has 1 heterocycles. The Morgan fingerprint density at radius 3 is 2.91 bits per heavy atom. The van der Waals surface area contributed by atoms with Gasteiger partial charge < -0.3 is 15.5 Å². The molecule has 0 spiro atoms. The van der Waals surface area contributed by atoms with E-state index < -0.39 is 0 Å². The van der Waals surface area contributed by atoms with Crippen molar-refractivity contribution in [1.29, 1.82) is 0 Å². The second kappa shape index (κ2) is 8.23. The molecule has 1 aliphatic heterocycles. The summed E-state index contributed by atoms with van der Waals surface area (Å²) < 4.78 is 0. The Labute approximate surface area is 137 Å². The highest BCUT2D eigenvalue weighted by Gasteiger charge is 2.21. The molecule has 1 aromatic rings. The first-order valence-electron chi connectivity index (χ1n) is 7.94. The van der Waals surface area contributed by atoms with Crippen LogP contribution in [0.1, 0.15) is 30.1 Å². The number of hydrogen-bond acceptors (Lipinski definition) is 3. The average molecular weight is 313 g/mol. The van der Waals surface area contributed by atoms with Gasteiger partial charge in [0, 0.05) is 18.8 Å². The summed E-state index contributed by atoms with van der Waals surface area (Å²) in [4.78, 5) is 26.3. The number of likely N-dealkylation sites (tertiary alicyclic amines) is 1. The van der Waals surface area contributed by atoms with Crippen LogP contribution in [0.3, 0.4) is 0 Å². The van der Waals surface area contributed by atoms with Gasteiger partial charge in [-0.25, -0.2) is 0 Å². The molecule has 122 valence electrons. The van der Waals surface area contributed by atoms with E-state index in [2.05, 4.69) is 23.5 Å². The van der Waals surface area contributed by atoms with Crippen molar-refractivity contribution in [1.82, 2.24) is 10.2 Å². The van der Waals surface area contributed by atoms with Crippen molar-refractivity contribution in [3.05, 3.63) is 29.8 Å². The summed E-state index contributed by atoms with van der Waals surface area (Å²) in [5.74, 6) is 2.74. The lowest BCUT2D eigenvalue weighted by atomic mass is 10.0. The van der Waals surface area contributed by atoms with Gasteiger partial charge in [-0.1, -0.05) is 25.0 Å². The molecule has 5 nitrogen and oxygen atoms in total. The Kier molecular flexibility index (Phi) is 6.04. The average Bonchev–Trinajstić information content (AvgIpc) is 2.57. The summed E-state index contributed by atoms with van der Waals surface area (Å²) >= 11 is 0. The van der Waals surface area contributed by atoms with E-state index in [-0.39, 0.29) is 24.9 Å². The Hall–Kier alpha value is -2.48. The van der Waals surface area contributed by atoms with Crippen molar-refractivity contribution in [2.24, 2.45) is 5.92 Å². The van der Waals surface area contributed by atoms with Gasteiger partial charge >= 0.3 is 0 Å². The first kappa shape index (κ1) is 16.9. The van der Waals surface area contributed by atoms with Gasteiger partial charge in [-0.2, -0.15) is 0 Å².